The van der Waals surface area contributed by atoms with Gasteiger partial charge in [-0.1, -0.05) is 12.1 Å². The molecule has 0 aliphatic rings. The lowest BCUT2D eigenvalue weighted by atomic mass is 10.0. The predicted molar refractivity (Wildman–Crippen MR) is 71.9 cm³/mol. The Morgan fingerprint density at radius 3 is 2.45 bits per heavy atom. The van der Waals surface area contributed by atoms with Gasteiger partial charge in [-0.2, -0.15) is 0 Å². The molecule has 0 aliphatic heterocycles. The van der Waals surface area contributed by atoms with Gasteiger partial charge in [-0.25, -0.2) is 9.18 Å². The summed E-state index contributed by atoms with van der Waals surface area (Å²) in [6.07, 6.45) is 0. The highest BCUT2D eigenvalue weighted by Gasteiger charge is 2.17. The summed E-state index contributed by atoms with van der Waals surface area (Å²) in [5.74, 6) is -1.12. The number of halogens is 1. The lowest BCUT2D eigenvalue weighted by Gasteiger charge is -2.12. The third-order valence-corrected chi connectivity index (χ3v) is 2.93. The van der Waals surface area contributed by atoms with Crippen LogP contribution in [0.15, 0.2) is 36.4 Å². The molecule has 20 heavy (non-hydrogen) atoms. The van der Waals surface area contributed by atoms with Crippen molar-refractivity contribution in [3.63, 3.8) is 0 Å². The van der Waals surface area contributed by atoms with Gasteiger partial charge in [0.05, 0.1) is 19.8 Å². The smallest absolute Gasteiger partial charge is 0.338 e. The molecular weight excluding hydrogens is 263 g/mol. The van der Waals surface area contributed by atoms with E-state index in [4.69, 9.17) is 14.6 Å². The second kappa shape index (κ2) is 5.61. The molecule has 0 heterocycles. The van der Waals surface area contributed by atoms with Crippen LogP contribution in [0.3, 0.4) is 0 Å². The first-order valence-electron chi connectivity index (χ1n) is 5.82. The topological polar surface area (TPSA) is 55.8 Å². The van der Waals surface area contributed by atoms with Crippen LogP contribution in [0, 0.1) is 5.82 Å². The second-order valence-electron chi connectivity index (χ2n) is 4.04. The van der Waals surface area contributed by atoms with Crippen LogP contribution in [0.5, 0.6) is 11.5 Å². The zero-order valence-corrected chi connectivity index (χ0v) is 11.0. The fourth-order valence-electron chi connectivity index (χ4n) is 1.93. The molecule has 0 saturated heterocycles. The molecule has 0 aliphatic carbocycles. The van der Waals surface area contributed by atoms with E-state index >= 15 is 0 Å². The fourth-order valence-corrected chi connectivity index (χ4v) is 1.93. The molecule has 0 aromatic heterocycles. The Hall–Kier alpha value is -2.56. The molecule has 0 spiro atoms. The Morgan fingerprint density at radius 1 is 1.10 bits per heavy atom. The summed E-state index contributed by atoms with van der Waals surface area (Å²) in [6, 6.07) is 9.11. The highest BCUT2D eigenvalue weighted by atomic mass is 19.1. The molecular formula is C15H13FO4. The number of aromatic carboxylic acids is 1. The molecule has 2 aromatic carbocycles. The number of carbonyl (C=O) groups is 1. The van der Waals surface area contributed by atoms with Gasteiger partial charge in [-0.15, -0.1) is 0 Å². The third-order valence-electron chi connectivity index (χ3n) is 2.93. The number of rotatable bonds is 4. The maximum atomic E-state index is 14.2. The zero-order valence-electron chi connectivity index (χ0n) is 11.0. The van der Waals surface area contributed by atoms with Crippen LogP contribution in [0.2, 0.25) is 0 Å². The van der Waals surface area contributed by atoms with Crippen molar-refractivity contribution in [3.05, 3.63) is 47.8 Å². The minimum atomic E-state index is -1.31. The van der Waals surface area contributed by atoms with Crippen LogP contribution in [-0.2, 0) is 0 Å². The predicted octanol–water partition coefficient (Wildman–Crippen LogP) is 3.21. The van der Waals surface area contributed by atoms with Crippen molar-refractivity contribution >= 4 is 5.97 Å². The van der Waals surface area contributed by atoms with E-state index in [0.717, 1.165) is 0 Å². The van der Waals surface area contributed by atoms with Gasteiger partial charge in [0.25, 0.3) is 0 Å². The maximum absolute atomic E-state index is 14.2. The van der Waals surface area contributed by atoms with E-state index in [1.807, 2.05) is 0 Å². The summed E-state index contributed by atoms with van der Waals surface area (Å²) < 4.78 is 24.5. The van der Waals surface area contributed by atoms with E-state index in [2.05, 4.69) is 0 Å². The largest absolute Gasteiger partial charge is 0.497 e. The van der Waals surface area contributed by atoms with Gasteiger partial charge in [0.15, 0.2) is 0 Å². The molecule has 104 valence electrons. The van der Waals surface area contributed by atoms with E-state index in [9.17, 15) is 9.18 Å². The second-order valence-corrected chi connectivity index (χ2v) is 4.04. The van der Waals surface area contributed by atoms with E-state index in [1.165, 1.54) is 32.4 Å². The summed E-state index contributed by atoms with van der Waals surface area (Å²) in [7, 11) is 2.97. The van der Waals surface area contributed by atoms with Gasteiger partial charge < -0.3 is 14.6 Å². The lowest BCUT2D eigenvalue weighted by molar-refractivity contribution is 0.0692. The molecule has 0 amide bonds. The van der Waals surface area contributed by atoms with Crippen molar-refractivity contribution in [3.8, 4) is 22.6 Å². The summed E-state index contributed by atoms with van der Waals surface area (Å²) in [6.45, 7) is 0. The number of benzene rings is 2. The first-order chi connectivity index (χ1) is 9.58. The third kappa shape index (κ3) is 2.42. The molecule has 4 nitrogen and oxygen atoms in total. The molecule has 0 radical (unpaired) electrons. The summed E-state index contributed by atoms with van der Waals surface area (Å²) in [4.78, 5) is 11.0. The number of hydrogen-bond acceptors (Lipinski definition) is 3. The molecule has 0 bridgehead atoms. The van der Waals surface area contributed by atoms with Crippen LogP contribution >= 0.6 is 0 Å². The van der Waals surface area contributed by atoms with Gasteiger partial charge in [0, 0.05) is 17.2 Å². The minimum Gasteiger partial charge on any atom is -0.497 e. The van der Waals surface area contributed by atoms with Gasteiger partial charge >= 0.3 is 5.97 Å². The molecule has 2 aromatic rings. The maximum Gasteiger partial charge on any atom is 0.338 e. The summed E-state index contributed by atoms with van der Waals surface area (Å²) in [5, 5.41) is 8.95. The van der Waals surface area contributed by atoms with Gasteiger partial charge in [-0.05, 0) is 18.2 Å². The number of ether oxygens (including phenoxy) is 2. The van der Waals surface area contributed by atoms with Gasteiger partial charge in [-0.3, -0.25) is 0 Å². The van der Waals surface area contributed by atoms with E-state index in [0.29, 0.717) is 17.1 Å². The van der Waals surface area contributed by atoms with Crippen molar-refractivity contribution in [2.24, 2.45) is 0 Å². The highest BCUT2D eigenvalue weighted by molar-refractivity contribution is 5.90. The molecule has 1 N–H and O–H groups in total. The van der Waals surface area contributed by atoms with Crippen molar-refractivity contribution < 1.29 is 23.8 Å². The Labute approximate surface area is 115 Å². The van der Waals surface area contributed by atoms with Crippen LogP contribution in [0.1, 0.15) is 10.4 Å². The van der Waals surface area contributed by atoms with E-state index in [-0.39, 0.29) is 11.1 Å². The Bertz CT molecular complexity index is 652. The van der Waals surface area contributed by atoms with Crippen LogP contribution in [0.25, 0.3) is 11.1 Å². The van der Waals surface area contributed by atoms with Crippen molar-refractivity contribution in [2.75, 3.05) is 14.2 Å². The Kier molecular flexibility index (Phi) is 3.89. The summed E-state index contributed by atoms with van der Waals surface area (Å²) >= 11 is 0. The molecule has 0 fully saturated rings. The summed E-state index contributed by atoms with van der Waals surface area (Å²) in [5.41, 5.74) is 0.263. The highest BCUT2D eigenvalue weighted by Crippen LogP contribution is 2.35. The minimum absolute atomic E-state index is 0.171. The first-order valence-corrected chi connectivity index (χ1v) is 5.82. The van der Waals surface area contributed by atoms with Crippen LogP contribution in [-0.4, -0.2) is 25.3 Å². The van der Waals surface area contributed by atoms with Crippen LogP contribution in [0.4, 0.5) is 4.39 Å². The zero-order chi connectivity index (χ0) is 14.7. The molecule has 5 heteroatoms. The van der Waals surface area contributed by atoms with E-state index in [1.54, 1.807) is 18.2 Å². The average Bonchev–Trinajstić information content (AvgIpc) is 2.46. The molecule has 0 unspecified atom stereocenters. The Balaban J connectivity index is 2.62. The fraction of sp³-hybridized carbons (Fsp3) is 0.133. The van der Waals surface area contributed by atoms with Crippen molar-refractivity contribution in [1.82, 2.24) is 0 Å². The standard InChI is InChI=1S/C15H13FO4/c1-19-9-6-7-10(13(8-9)20-2)11-4-3-5-12(14(11)16)15(17)18/h3-8H,1-2H3,(H,17,18). The normalized spacial score (nSPS) is 10.2. The van der Waals surface area contributed by atoms with Crippen molar-refractivity contribution in [1.29, 1.82) is 0 Å². The number of carboxylic acid groups (broad SMARTS) is 1. The number of carboxylic acids is 1. The molecule has 2 rings (SSSR count). The van der Waals surface area contributed by atoms with Crippen LogP contribution < -0.4 is 9.47 Å². The van der Waals surface area contributed by atoms with Gasteiger partial charge in [0.1, 0.15) is 17.3 Å². The number of methoxy groups -OCH3 is 2. The monoisotopic (exact) mass is 276 g/mol. The molecule has 0 saturated carbocycles. The van der Waals surface area contributed by atoms with Crippen molar-refractivity contribution in [2.45, 2.75) is 0 Å². The Morgan fingerprint density at radius 2 is 1.85 bits per heavy atom. The number of hydrogen-bond donors (Lipinski definition) is 1. The SMILES string of the molecule is COc1ccc(-c2cccc(C(=O)O)c2F)c(OC)c1. The van der Waals surface area contributed by atoms with E-state index < -0.39 is 11.8 Å². The lowest BCUT2D eigenvalue weighted by Crippen LogP contribution is -2.02. The average molecular weight is 276 g/mol. The van der Waals surface area contributed by atoms with Gasteiger partial charge in [0.2, 0.25) is 0 Å². The first kappa shape index (κ1) is 13.9. The quantitative estimate of drug-likeness (QED) is 0.931. The molecule has 0 atom stereocenters.